The van der Waals surface area contributed by atoms with Gasteiger partial charge in [-0.05, 0) is 30.5 Å². The van der Waals surface area contributed by atoms with Gasteiger partial charge < -0.3 is 4.84 Å². The Morgan fingerprint density at radius 1 is 0.923 bits per heavy atom. The lowest BCUT2D eigenvalue weighted by Crippen LogP contribution is -2.20. The second kappa shape index (κ2) is 10.1. The molecule has 2 aromatic rings. The number of rotatable bonds is 7. The van der Waals surface area contributed by atoms with Crippen LogP contribution < -0.4 is 0 Å². The molecule has 134 valence electrons. The van der Waals surface area contributed by atoms with Gasteiger partial charge in [-0.1, -0.05) is 91.8 Å². The number of carbonyl (C=O) groups excluding carboxylic acids is 1. The molecule has 0 aliphatic rings. The smallest absolute Gasteiger partial charge is 0.313 e. The molecule has 0 radical (unpaired) electrons. The molecule has 0 aliphatic carbocycles. The molecular formula is C23H25NO2. The van der Waals surface area contributed by atoms with Crippen LogP contribution in [0.4, 0.5) is 0 Å². The van der Waals surface area contributed by atoms with E-state index in [1.165, 1.54) is 0 Å². The fourth-order valence-electron chi connectivity index (χ4n) is 2.49. The Hall–Kier alpha value is -2.94. The first kappa shape index (κ1) is 19.4. The molecule has 2 rings (SSSR count). The van der Waals surface area contributed by atoms with E-state index in [1.54, 1.807) is 24.3 Å². The molecule has 3 nitrogen and oxygen atoms in total. The predicted octanol–water partition coefficient (Wildman–Crippen LogP) is 5.65. The number of hydrogen-bond donors (Lipinski definition) is 0. The minimum atomic E-state index is -0.455. The van der Waals surface area contributed by atoms with Crippen molar-refractivity contribution in [1.29, 1.82) is 0 Å². The fourth-order valence-corrected chi connectivity index (χ4v) is 2.49. The monoisotopic (exact) mass is 347 g/mol. The Labute approximate surface area is 155 Å². The molecule has 0 bridgehead atoms. The first-order valence-corrected chi connectivity index (χ1v) is 8.82. The van der Waals surface area contributed by atoms with E-state index in [0.29, 0.717) is 5.56 Å². The summed E-state index contributed by atoms with van der Waals surface area (Å²) in [5, 5.41) is 4.23. The van der Waals surface area contributed by atoms with Gasteiger partial charge in [-0.25, -0.2) is 4.79 Å². The van der Waals surface area contributed by atoms with Crippen molar-refractivity contribution in [3.63, 3.8) is 0 Å². The third-order valence-electron chi connectivity index (χ3n) is 4.24. The summed E-state index contributed by atoms with van der Waals surface area (Å²) in [4.78, 5) is 17.5. The maximum absolute atomic E-state index is 12.2. The normalized spacial score (nSPS) is 14.5. The summed E-state index contributed by atoms with van der Waals surface area (Å²) in [5.74, 6) is -0.133. The van der Waals surface area contributed by atoms with Gasteiger partial charge in [-0.3, -0.25) is 0 Å². The van der Waals surface area contributed by atoms with E-state index < -0.39 is 5.97 Å². The number of allylic oxidation sites excluding steroid dienone is 4. The van der Waals surface area contributed by atoms with Gasteiger partial charge in [-0.2, -0.15) is 0 Å². The fraction of sp³-hybridized carbons (Fsp3) is 0.217. The van der Waals surface area contributed by atoms with Gasteiger partial charge in [0.1, 0.15) is 0 Å². The predicted molar refractivity (Wildman–Crippen MR) is 107 cm³/mol. The summed E-state index contributed by atoms with van der Waals surface area (Å²) in [6, 6.07) is 18.7. The van der Waals surface area contributed by atoms with E-state index in [2.05, 4.69) is 25.1 Å². The zero-order chi connectivity index (χ0) is 18.8. The lowest BCUT2D eigenvalue weighted by Gasteiger charge is -2.19. The lowest BCUT2D eigenvalue weighted by molar-refractivity contribution is 0.0514. The average Bonchev–Trinajstić information content (AvgIpc) is 2.69. The Kier molecular flexibility index (Phi) is 7.56. The minimum Gasteiger partial charge on any atom is -0.313 e. The van der Waals surface area contributed by atoms with Gasteiger partial charge in [0.25, 0.3) is 0 Å². The Balaban J connectivity index is 2.25. The number of benzene rings is 2. The maximum Gasteiger partial charge on any atom is 0.365 e. The molecule has 0 saturated carbocycles. The first-order chi connectivity index (χ1) is 12.6. The number of hydrogen-bond acceptors (Lipinski definition) is 3. The summed E-state index contributed by atoms with van der Waals surface area (Å²) in [6.45, 7) is 6.20. The van der Waals surface area contributed by atoms with Crippen LogP contribution in [0, 0.1) is 11.8 Å². The molecule has 26 heavy (non-hydrogen) atoms. The van der Waals surface area contributed by atoms with Crippen molar-refractivity contribution < 1.29 is 9.63 Å². The van der Waals surface area contributed by atoms with Gasteiger partial charge in [-0.15, -0.1) is 0 Å². The van der Waals surface area contributed by atoms with Crippen LogP contribution >= 0.6 is 0 Å². The van der Waals surface area contributed by atoms with E-state index >= 15 is 0 Å². The van der Waals surface area contributed by atoms with E-state index in [4.69, 9.17) is 4.84 Å². The van der Waals surface area contributed by atoms with Gasteiger partial charge in [0, 0.05) is 5.92 Å². The topological polar surface area (TPSA) is 38.7 Å². The van der Waals surface area contributed by atoms with Gasteiger partial charge in [0.05, 0.1) is 11.3 Å². The highest BCUT2D eigenvalue weighted by molar-refractivity contribution is 6.02. The molecule has 2 aromatic carbocycles. The van der Waals surface area contributed by atoms with Crippen molar-refractivity contribution in [3.05, 3.63) is 96.1 Å². The molecule has 0 spiro atoms. The summed E-state index contributed by atoms with van der Waals surface area (Å²) in [7, 11) is 0. The van der Waals surface area contributed by atoms with Crippen LogP contribution in [-0.2, 0) is 4.84 Å². The Morgan fingerprint density at radius 2 is 1.50 bits per heavy atom. The summed E-state index contributed by atoms with van der Waals surface area (Å²) < 4.78 is 0. The van der Waals surface area contributed by atoms with Crippen molar-refractivity contribution in [3.8, 4) is 0 Å². The third-order valence-corrected chi connectivity index (χ3v) is 4.24. The van der Waals surface area contributed by atoms with Crippen molar-refractivity contribution >= 4 is 11.7 Å². The molecule has 0 fully saturated rings. The van der Waals surface area contributed by atoms with E-state index in [1.807, 2.05) is 61.5 Å². The van der Waals surface area contributed by atoms with Crippen LogP contribution in [0.15, 0.2) is 90.1 Å². The Morgan fingerprint density at radius 3 is 2.08 bits per heavy atom. The minimum absolute atomic E-state index is 0.0856. The first-order valence-electron chi connectivity index (χ1n) is 8.82. The van der Waals surface area contributed by atoms with E-state index in [-0.39, 0.29) is 11.8 Å². The van der Waals surface area contributed by atoms with Crippen molar-refractivity contribution in [2.75, 3.05) is 0 Å². The largest absolute Gasteiger partial charge is 0.365 e. The summed E-state index contributed by atoms with van der Waals surface area (Å²) in [5.41, 5.74) is 2.19. The molecule has 0 N–H and O–H groups in total. The highest BCUT2D eigenvalue weighted by atomic mass is 16.7. The molecular weight excluding hydrogens is 322 g/mol. The van der Waals surface area contributed by atoms with E-state index in [0.717, 1.165) is 11.3 Å². The molecule has 0 aromatic heterocycles. The van der Waals surface area contributed by atoms with Crippen LogP contribution in [0.25, 0.3) is 0 Å². The van der Waals surface area contributed by atoms with Gasteiger partial charge >= 0.3 is 5.97 Å². The van der Waals surface area contributed by atoms with Crippen LogP contribution in [0.3, 0.4) is 0 Å². The van der Waals surface area contributed by atoms with Crippen molar-refractivity contribution in [2.24, 2.45) is 17.0 Å². The van der Waals surface area contributed by atoms with Gasteiger partial charge in [0.2, 0.25) is 0 Å². The number of carbonyl (C=O) groups is 1. The second-order valence-corrected chi connectivity index (χ2v) is 6.15. The third kappa shape index (κ3) is 5.55. The zero-order valence-electron chi connectivity index (χ0n) is 15.5. The highest BCUT2D eigenvalue weighted by Gasteiger charge is 2.19. The standard InChI is InChI=1S/C23H25NO2/c1-4-5-8-13-18(2)19(3)22(20-14-9-6-10-15-20)24-26-23(25)21-16-11-7-12-17-21/h4-19H,1-3H3/b5-4?,13-8-,24-22+/t18-,19?/m1/s1. The molecule has 0 heterocycles. The highest BCUT2D eigenvalue weighted by Crippen LogP contribution is 2.20. The van der Waals surface area contributed by atoms with Gasteiger partial charge in [0.15, 0.2) is 0 Å². The molecule has 0 saturated heterocycles. The number of nitrogens with zero attached hydrogens (tertiary/aromatic N) is 1. The summed E-state index contributed by atoms with van der Waals surface area (Å²) >= 11 is 0. The molecule has 0 aliphatic heterocycles. The average molecular weight is 347 g/mol. The zero-order valence-corrected chi connectivity index (χ0v) is 15.5. The number of oxime groups is 1. The summed E-state index contributed by atoms with van der Waals surface area (Å²) in [6.07, 6.45) is 8.14. The SMILES string of the molecule is CC=C/C=C\[C@@H](C)C(C)/C(=N\OC(=O)c1ccccc1)c1ccccc1. The van der Waals surface area contributed by atoms with Crippen molar-refractivity contribution in [1.82, 2.24) is 0 Å². The van der Waals surface area contributed by atoms with E-state index in [9.17, 15) is 4.79 Å². The Bertz CT molecular complexity index is 776. The molecule has 3 heteroatoms. The molecule has 1 unspecified atom stereocenters. The van der Waals surface area contributed by atoms with Crippen LogP contribution in [0.2, 0.25) is 0 Å². The molecule has 2 atom stereocenters. The van der Waals surface area contributed by atoms with Crippen molar-refractivity contribution in [2.45, 2.75) is 20.8 Å². The van der Waals surface area contributed by atoms with Crippen LogP contribution in [-0.4, -0.2) is 11.7 Å². The second-order valence-electron chi connectivity index (χ2n) is 6.15. The molecule has 0 amide bonds. The van der Waals surface area contributed by atoms with Crippen LogP contribution in [0.5, 0.6) is 0 Å². The van der Waals surface area contributed by atoms with Crippen LogP contribution in [0.1, 0.15) is 36.7 Å². The lowest BCUT2D eigenvalue weighted by atomic mass is 9.87. The maximum atomic E-state index is 12.2. The quantitative estimate of drug-likeness (QED) is 0.281.